The third-order valence-corrected chi connectivity index (χ3v) is 4.28. The Morgan fingerprint density at radius 2 is 1.52 bits per heavy atom. The van der Waals surface area contributed by atoms with E-state index >= 15 is 0 Å². The molecule has 5 heteroatoms. The van der Waals surface area contributed by atoms with Gasteiger partial charge in [0, 0.05) is 19.6 Å². The lowest BCUT2D eigenvalue weighted by Gasteiger charge is -2.32. The van der Waals surface area contributed by atoms with Crippen LogP contribution in [0.15, 0.2) is 48.5 Å². The number of benzene rings is 2. The van der Waals surface area contributed by atoms with Gasteiger partial charge >= 0.3 is 0 Å². The zero-order chi connectivity index (χ0) is 17.5. The molecule has 1 unspecified atom stereocenters. The molecule has 0 saturated carbocycles. The molecule has 1 atom stereocenters. The van der Waals surface area contributed by atoms with Crippen molar-refractivity contribution in [2.75, 3.05) is 40.5 Å². The molecule has 1 aliphatic heterocycles. The summed E-state index contributed by atoms with van der Waals surface area (Å²) >= 11 is 0. The number of methoxy groups -OCH3 is 2. The maximum atomic E-state index is 5.85. The largest absolute Gasteiger partial charge is 0.497 e. The minimum absolute atomic E-state index is 0.0779. The Balaban J connectivity index is 1.48. The molecule has 25 heavy (non-hydrogen) atoms. The van der Waals surface area contributed by atoms with Crippen LogP contribution < -0.4 is 14.2 Å². The van der Waals surface area contributed by atoms with Gasteiger partial charge in [-0.15, -0.1) is 0 Å². The van der Waals surface area contributed by atoms with Crippen molar-refractivity contribution in [3.05, 3.63) is 54.1 Å². The average molecular weight is 343 g/mol. The average Bonchev–Trinajstić information content (AvgIpc) is 2.68. The van der Waals surface area contributed by atoms with Gasteiger partial charge in [-0.1, -0.05) is 12.1 Å². The van der Waals surface area contributed by atoms with Crippen molar-refractivity contribution in [3.63, 3.8) is 0 Å². The van der Waals surface area contributed by atoms with Gasteiger partial charge < -0.3 is 18.9 Å². The van der Waals surface area contributed by atoms with Crippen LogP contribution in [-0.4, -0.2) is 51.5 Å². The molecule has 1 heterocycles. The van der Waals surface area contributed by atoms with E-state index in [-0.39, 0.29) is 6.10 Å². The van der Waals surface area contributed by atoms with Gasteiger partial charge in [0.1, 0.15) is 30.0 Å². The summed E-state index contributed by atoms with van der Waals surface area (Å²) in [5, 5.41) is 0. The van der Waals surface area contributed by atoms with E-state index in [4.69, 9.17) is 18.9 Å². The Morgan fingerprint density at radius 3 is 2.16 bits per heavy atom. The van der Waals surface area contributed by atoms with Crippen LogP contribution in [0.5, 0.6) is 17.2 Å². The van der Waals surface area contributed by atoms with Crippen LogP contribution in [0.2, 0.25) is 0 Å². The molecule has 134 valence electrons. The molecular formula is C20H25NO4. The quantitative estimate of drug-likeness (QED) is 0.773. The number of hydrogen-bond acceptors (Lipinski definition) is 5. The van der Waals surface area contributed by atoms with E-state index in [1.807, 2.05) is 36.4 Å². The van der Waals surface area contributed by atoms with Crippen molar-refractivity contribution >= 4 is 0 Å². The number of ether oxygens (including phenoxy) is 4. The van der Waals surface area contributed by atoms with Crippen LogP contribution in [0.4, 0.5) is 0 Å². The summed E-state index contributed by atoms with van der Waals surface area (Å²) in [6.07, 6.45) is 0.0779. The molecule has 1 fully saturated rings. The monoisotopic (exact) mass is 343 g/mol. The molecule has 0 N–H and O–H groups in total. The highest BCUT2D eigenvalue weighted by molar-refractivity contribution is 5.31. The molecule has 1 aliphatic rings. The van der Waals surface area contributed by atoms with Gasteiger partial charge in [-0.05, 0) is 42.0 Å². The lowest BCUT2D eigenvalue weighted by Crippen LogP contribution is -2.44. The number of rotatable bonds is 7. The number of morpholine rings is 1. The van der Waals surface area contributed by atoms with Gasteiger partial charge in [0.2, 0.25) is 0 Å². The molecule has 1 saturated heterocycles. The zero-order valence-electron chi connectivity index (χ0n) is 14.8. The van der Waals surface area contributed by atoms with Crippen LogP contribution in [0, 0.1) is 0 Å². The van der Waals surface area contributed by atoms with Crippen molar-refractivity contribution in [2.24, 2.45) is 0 Å². The topological polar surface area (TPSA) is 40.2 Å². The first kappa shape index (κ1) is 17.6. The standard InChI is InChI=1S/C20H25NO4/c1-22-17-5-3-16(4-6-17)13-21-11-12-24-20(14-21)15-25-19-9-7-18(23-2)8-10-19/h3-10,20H,11-15H2,1-2H3. The Labute approximate surface area is 149 Å². The fraction of sp³-hybridized carbons (Fsp3) is 0.400. The van der Waals surface area contributed by atoms with Gasteiger partial charge in [0.05, 0.1) is 20.8 Å². The third kappa shape index (κ3) is 5.11. The van der Waals surface area contributed by atoms with E-state index in [9.17, 15) is 0 Å². The lowest BCUT2D eigenvalue weighted by molar-refractivity contribution is -0.0504. The maximum absolute atomic E-state index is 5.85. The SMILES string of the molecule is COc1ccc(CN2CCOC(COc3ccc(OC)cc3)C2)cc1. The molecule has 0 bridgehead atoms. The van der Waals surface area contributed by atoms with Crippen molar-refractivity contribution in [1.82, 2.24) is 4.90 Å². The summed E-state index contributed by atoms with van der Waals surface area (Å²) in [7, 11) is 3.34. The fourth-order valence-electron chi connectivity index (χ4n) is 2.88. The third-order valence-electron chi connectivity index (χ3n) is 4.28. The van der Waals surface area contributed by atoms with Crippen LogP contribution >= 0.6 is 0 Å². The first-order chi connectivity index (χ1) is 12.3. The summed E-state index contributed by atoms with van der Waals surface area (Å²) in [4.78, 5) is 2.40. The fourth-order valence-corrected chi connectivity index (χ4v) is 2.88. The molecule has 5 nitrogen and oxygen atoms in total. The molecule has 0 spiro atoms. The molecule has 3 rings (SSSR count). The second kappa shape index (κ2) is 8.74. The second-order valence-electron chi connectivity index (χ2n) is 6.06. The second-order valence-corrected chi connectivity index (χ2v) is 6.06. The molecular weight excluding hydrogens is 318 g/mol. The van der Waals surface area contributed by atoms with Crippen LogP contribution in [-0.2, 0) is 11.3 Å². The molecule has 0 aromatic heterocycles. The van der Waals surface area contributed by atoms with Gasteiger partial charge in [-0.25, -0.2) is 0 Å². The molecule has 0 amide bonds. The van der Waals surface area contributed by atoms with Crippen molar-refractivity contribution < 1.29 is 18.9 Å². The Bertz CT molecular complexity index is 642. The Hall–Kier alpha value is -2.24. The highest BCUT2D eigenvalue weighted by atomic mass is 16.5. The van der Waals surface area contributed by atoms with Gasteiger partial charge in [-0.3, -0.25) is 4.90 Å². The first-order valence-electron chi connectivity index (χ1n) is 8.50. The maximum Gasteiger partial charge on any atom is 0.119 e. The van der Waals surface area contributed by atoms with Crippen molar-refractivity contribution in [1.29, 1.82) is 0 Å². The smallest absolute Gasteiger partial charge is 0.119 e. The van der Waals surface area contributed by atoms with Crippen LogP contribution in [0.1, 0.15) is 5.56 Å². The highest BCUT2D eigenvalue weighted by Gasteiger charge is 2.21. The van der Waals surface area contributed by atoms with E-state index in [0.717, 1.165) is 43.5 Å². The minimum Gasteiger partial charge on any atom is -0.497 e. The number of hydrogen-bond donors (Lipinski definition) is 0. The predicted octanol–water partition coefficient (Wildman–Crippen LogP) is 2.98. The van der Waals surface area contributed by atoms with E-state index < -0.39 is 0 Å². The normalized spacial score (nSPS) is 17.9. The lowest BCUT2D eigenvalue weighted by atomic mass is 10.2. The van der Waals surface area contributed by atoms with E-state index in [1.165, 1.54) is 5.56 Å². The summed E-state index contributed by atoms with van der Waals surface area (Å²) in [5.74, 6) is 2.54. The van der Waals surface area contributed by atoms with E-state index in [0.29, 0.717) is 6.61 Å². The van der Waals surface area contributed by atoms with Crippen molar-refractivity contribution in [3.8, 4) is 17.2 Å². The van der Waals surface area contributed by atoms with Gasteiger partial charge in [0.25, 0.3) is 0 Å². The summed E-state index contributed by atoms with van der Waals surface area (Å²) in [6, 6.07) is 15.8. The highest BCUT2D eigenvalue weighted by Crippen LogP contribution is 2.19. The van der Waals surface area contributed by atoms with Crippen LogP contribution in [0.25, 0.3) is 0 Å². The number of nitrogens with zero attached hydrogens (tertiary/aromatic N) is 1. The summed E-state index contributed by atoms with van der Waals surface area (Å²) < 4.78 is 22.0. The van der Waals surface area contributed by atoms with Gasteiger partial charge in [-0.2, -0.15) is 0 Å². The Morgan fingerprint density at radius 1 is 0.920 bits per heavy atom. The minimum atomic E-state index is 0.0779. The van der Waals surface area contributed by atoms with E-state index in [1.54, 1.807) is 14.2 Å². The molecule has 2 aromatic rings. The van der Waals surface area contributed by atoms with Crippen molar-refractivity contribution in [2.45, 2.75) is 12.6 Å². The van der Waals surface area contributed by atoms with Gasteiger partial charge in [0.15, 0.2) is 0 Å². The first-order valence-corrected chi connectivity index (χ1v) is 8.50. The predicted molar refractivity (Wildman–Crippen MR) is 96.5 cm³/mol. The summed E-state index contributed by atoms with van der Waals surface area (Å²) in [6.45, 7) is 3.98. The van der Waals surface area contributed by atoms with E-state index in [2.05, 4.69) is 17.0 Å². The summed E-state index contributed by atoms with van der Waals surface area (Å²) in [5.41, 5.74) is 1.28. The molecule has 0 radical (unpaired) electrons. The molecule has 0 aliphatic carbocycles. The van der Waals surface area contributed by atoms with Crippen LogP contribution in [0.3, 0.4) is 0 Å². The Kier molecular flexibility index (Phi) is 6.14. The zero-order valence-corrected chi connectivity index (χ0v) is 14.8. The molecule has 2 aromatic carbocycles.